The van der Waals surface area contributed by atoms with Crippen molar-refractivity contribution >= 4 is 10.2 Å². The predicted molar refractivity (Wildman–Crippen MR) is 69.6 cm³/mol. The minimum atomic E-state index is -3.66. The van der Waals surface area contributed by atoms with Crippen LogP contribution in [0.15, 0.2) is 0 Å². The lowest BCUT2D eigenvalue weighted by molar-refractivity contribution is 0.167. The van der Waals surface area contributed by atoms with E-state index in [1.807, 2.05) is 6.92 Å². The first-order valence-electron chi connectivity index (χ1n) is 6.47. The van der Waals surface area contributed by atoms with E-state index in [4.69, 9.17) is 10.9 Å². The lowest BCUT2D eigenvalue weighted by atomic mass is 9.90. The fraction of sp³-hybridized carbons (Fsp3) is 1.00. The first-order chi connectivity index (χ1) is 7.96. The molecule has 17 heavy (non-hydrogen) atoms. The Balaban J connectivity index is 3.00. The summed E-state index contributed by atoms with van der Waals surface area (Å²) in [5.74, 6) is 0. The predicted octanol–water partition coefficient (Wildman–Crippen LogP) is 0.954. The maximum Gasteiger partial charge on any atom is 0.277 e. The number of rotatable bonds is 5. The van der Waals surface area contributed by atoms with E-state index in [9.17, 15) is 8.42 Å². The zero-order valence-corrected chi connectivity index (χ0v) is 11.5. The molecule has 4 N–H and O–H groups in total. The fourth-order valence-electron chi connectivity index (χ4n) is 2.78. The normalized spacial score (nSPS) is 21.4. The largest absolute Gasteiger partial charge is 0.329 e. The third-order valence-electron chi connectivity index (χ3n) is 3.68. The second-order valence-electron chi connectivity index (χ2n) is 4.96. The van der Waals surface area contributed by atoms with Gasteiger partial charge in [0, 0.05) is 18.6 Å². The smallest absolute Gasteiger partial charge is 0.277 e. The monoisotopic (exact) mass is 263 g/mol. The number of nitrogens with zero attached hydrogens (tertiary/aromatic N) is 1. The Morgan fingerprint density at radius 2 is 1.71 bits per heavy atom. The minimum absolute atomic E-state index is 0.365. The first kappa shape index (κ1) is 14.9. The summed E-state index contributed by atoms with van der Waals surface area (Å²) in [5, 5.41) is 5.35. The van der Waals surface area contributed by atoms with Gasteiger partial charge in [0.05, 0.1) is 0 Å². The van der Waals surface area contributed by atoms with Crippen molar-refractivity contribution in [3.05, 3.63) is 0 Å². The molecule has 0 amide bonds. The Morgan fingerprint density at radius 3 is 2.06 bits per heavy atom. The molecule has 0 spiro atoms. The van der Waals surface area contributed by atoms with Crippen LogP contribution in [0, 0.1) is 0 Å². The van der Waals surface area contributed by atoms with Gasteiger partial charge in [0.25, 0.3) is 10.2 Å². The van der Waals surface area contributed by atoms with Crippen molar-refractivity contribution in [2.45, 2.75) is 57.4 Å². The van der Waals surface area contributed by atoms with Crippen LogP contribution in [0.2, 0.25) is 0 Å². The summed E-state index contributed by atoms with van der Waals surface area (Å²) in [6, 6.07) is 0. The lowest BCUT2D eigenvalue weighted by Crippen LogP contribution is -2.58. The standard InChI is InChI=1S/C11H25N3O2S/c1-2-9-14(17(13,15)16)11(10-12)7-5-3-4-6-8-11/h2-10,12H2,1H3,(H2,13,15,16). The summed E-state index contributed by atoms with van der Waals surface area (Å²) in [6.07, 6.45) is 6.82. The van der Waals surface area contributed by atoms with E-state index in [1.165, 1.54) is 4.31 Å². The van der Waals surface area contributed by atoms with Crippen LogP contribution < -0.4 is 10.9 Å². The molecule has 0 aliphatic heterocycles. The molecule has 102 valence electrons. The van der Waals surface area contributed by atoms with Crippen LogP contribution >= 0.6 is 0 Å². The fourth-order valence-corrected chi connectivity index (χ4v) is 4.01. The molecule has 1 rings (SSSR count). The van der Waals surface area contributed by atoms with Crippen molar-refractivity contribution in [1.82, 2.24) is 4.31 Å². The van der Waals surface area contributed by atoms with Gasteiger partial charge in [0.1, 0.15) is 0 Å². The van der Waals surface area contributed by atoms with Gasteiger partial charge in [-0.1, -0.05) is 32.6 Å². The highest BCUT2D eigenvalue weighted by Crippen LogP contribution is 2.33. The van der Waals surface area contributed by atoms with Gasteiger partial charge >= 0.3 is 0 Å². The molecule has 0 aromatic rings. The SMILES string of the molecule is CCCN(C1(CN)CCCCCC1)S(N)(=O)=O. The summed E-state index contributed by atoms with van der Waals surface area (Å²) >= 11 is 0. The van der Waals surface area contributed by atoms with Crippen LogP contribution in [0.25, 0.3) is 0 Å². The Bertz CT molecular complexity index is 322. The summed E-state index contributed by atoms with van der Waals surface area (Å²) in [6.45, 7) is 2.79. The topological polar surface area (TPSA) is 89.4 Å². The van der Waals surface area contributed by atoms with Crippen LogP contribution in [0.3, 0.4) is 0 Å². The molecule has 0 aromatic heterocycles. The zero-order chi connectivity index (χ0) is 12.9. The van der Waals surface area contributed by atoms with E-state index >= 15 is 0 Å². The van der Waals surface area contributed by atoms with E-state index in [2.05, 4.69) is 0 Å². The van der Waals surface area contributed by atoms with Gasteiger partial charge in [-0.2, -0.15) is 12.7 Å². The molecule has 1 fully saturated rings. The van der Waals surface area contributed by atoms with Crippen LogP contribution in [-0.2, 0) is 10.2 Å². The van der Waals surface area contributed by atoms with E-state index in [1.54, 1.807) is 0 Å². The van der Waals surface area contributed by atoms with Crippen LogP contribution in [0.5, 0.6) is 0 Å². The van der Waals surface area contributed by atoms with Crippen molar-refractivity contribution in [2.75, 3.05) is 13.1 Å². The average molecular weight is 263 g/mol. The van der Waals surface area contributed by atoms with Gasteiger partial charge in [0.15, 0.2) is 0 Å². The molecule has 0 bridgehead atoms. The van der Waals surface area contributed by atoms with Gasteiger partial charge in [-0.3, -0.25) is 0 Å². The van der Waals surface area contributed by atoms with Crippen molar-refractivity contribution in [1.29, 1.82) is 0 Å². The average Bonchev–Trinajstić information content (AvgIpc) is 2.50. The molecule has 0 unspecified atom stereocenters. The molecule has 0 heterocycles. The van der Waals surface area contributed by atoms with Gasteiger partial charge in [-0.25, -0.2) is 5.14 Å². The number of hydrogen-bond acceptors (Lipinski definition) is 3. The maximum absolute atomic E-state index is 11.7. The molecule has 0 saturated heterocycles. The third kappa shape index (κ3) is 3.64. The van der Waals surface area contributed by atoms with Gasteiger partial charge < -0.3 is 5.73 Å². The van der Waals surface area contributed by atoms with Gasteiger partial charge in [-0.15, -0.1) is 0 Å². The highest BCUT2D eigenvalue weighted by atomic mass is 32.2. The van der Waals surface area contributed by atoms with E-state index in [-0.39, 0.29) is 0 Å². The second kappa shape index (κ2) is 6.13. The van der Waals surface area contributed by atoms with Crippen molar-refractivity contribution in [3.63, 3.8) is 0 Å². The van der Waals surface area contributed by atoms with Crippen molar-refractivity contribution in [2.24, 2.45) is 10.9 Å². The summed E-state index contributed by atoms with van der Waals surface area (Å²) in [4.78, 5) is 0. The number of hydrogen-bond donors (Lipinski definition) is 2. The summed E-state index contributed by atoms with van der Waals surface area (Å²) < 4.78 is 24.9. The molecule has 1 aliphatic carbocycles. The van der Waals surface area contributed by atoms with Crippen molar-refractivity contribution < 1.29 is 8.42 Å². The Kier molecular flexibility index (Phi) is 5.37. The molecular weight excluding hydrogens is 238 g/mol. The third-order valence-corrected chi connectivity index (χ3v) is 4.86. The minimum Gasteiger partial charge on any atom is -0.329 e. The molecule has 5 nitrogen and oxygen atoms in total. The van der Waals surface area contributed by atoms with Crippen molar-refractivity contribution in [3.8, 4) is 0 Å². The molecule has 0 radical (unpaired) electrons. The molecule has 0 aromatic carbocycles. The van der Waals surface area contributed by atoms with Crippen LogP contribution in [0.4, 0.5) is 0 Å². The van der Waals surface area contributed by atoms with Gasteiger partial charge in [0.2, 0.25) is 0 Å². The molecule has 1 aliphatic rings. The highest BCUT2D eigenvalue weighted by molar-refractivity contribution is 7.86. The summed E-state index contributed by atoms with van der Waals surface area (Å²) in [5.41, 5.74) is 5.43. The van der Waals surface area contributed by atoms with Crippen LogP contribution in [0.1, 0.15) is 51.9 Å². The Hall–Kier alpha value is -0.170. The molecule has 1 saturated carbocycles. The summed E-state index contributed by atoms with van der Waals surface area (Å²) in [7, 11) is -3.66. The number of nitrogens with two attached hydrogens (primary N) is 2. The second-order valence-corrected chi connectivity index (χ2v) is 6.43. The Labute approximate surface area is 105 Å². The molecular formula is C11H25N3O2S. The Morgan fingerprint density at radius 1 is 1.18 bits per heavy atom. The van der Waals surface area contributed by atoms with E-state index < -0.39 is 15.7 Å². The quantitative estimate of drug-likeness (QED) is 0.724. The van der Waals surface area contributed by atoms with Gasteiger partial charge in [-0.05, 0) is 19.3 Å². The zero-order valence-electron chi connectivity index (χ0n) is 10.7. The molecule has 6 heteroatoms. The van der Waals surface area contributed by atoms with E-state index in [0.717, 1.165) is 44.9 Å². The first-order valence-corrected chi connectivity index (χ1v) is 7.97. The highest BCUT2D eigenvalue weighted by Gasteiger charge is 2.40. The van der Waals surface area contributed by atoms with Crippen LogP contribution in [-0.4, -0.2) is 31.4 Å². The molecule has 0 atom stereocenters. The maximum atomic E-state index is 11.7. The van der Waals surface area contributed by atoms with E-state index in [0.29, 0.717) is 13.1 Å². The lowest BCUT2D eigenvalue weighted by Gasteiger charge is -2.40.